The van der Waals surface area contributed by atoms with E-state index in [1.807, 2.05) is 19.2 Å². The van der Waals surface area contributed by atoms with Crippen molar-refractivity contribution in [3.8, 4) is 0 Å². The highest BCUT2D eigenvalue weighted by Gasteiger charge is 2.19. The van der Waals surface area contributed by atoms with E-state index in [4.69, 9.17) is 4.74 Å². The van der Waals surface area contributed by atoms with E-state index in [0.29, 0.717) is 6.10 Å². The third kappa shape index (κ3) is 3.51. The largest absolute Gasteiger partial charge is 0.378 e. The molecule has 1 aliphatic rings. The molecular formula is C14H20FNO. The number of hydrogen-bond donors (Lipinski definition) is 1. The molecule has 0 bridgehead atoms. The Labute approximate surface area is 102 Å². The smallest absolute Gasteiger partial charge is 0.123 e. The minimum absolute atomic E-state index is 0.183. The van der Waals surface area contributed by atoms with E-state index in [0.717, 1.165) is 25.0 Å². The van der Waals surface area contributed by atoms with Crippen LogP contribution in [-0.2, 0) is 4.74 Å². The predicted molar refractivity (Wildman–Crippen MR) is 66.4 cm³/mol. The molecule has 0 amide bonds. The molecule has 94 valence electrons. The highest BCUT2D eigenvalue weighted by atomic mass is 19.1. The SMILES string of the molecule is CNC(CC1CCCCO1)c1ccc(F)cc1. The van der Waals surface area contributed by atoms with Crippen LogP contribution < -0.4 is 5.32 Å². The second-order valence-electron chi connectivity index (χ2n) is 4.62. The van der Waals surface area contributed by atoms with Gasteiger partial charge in [-0.05, 0) is 50.4 Å². The van der Waals surface area contributed by atoms with Crippen molar-refractivity contribution in [2.24, 2.45) is 0 Å². The molecule has 3 heteroatoms. The molecule has 17 heavy (non-hydrogen) atoms. The summed E-state index contributed by atoms with van der Waals surface area (Å²) in [6.45, 7) is 0.879. The van der Waals surface area contributed by atoms with Crippen LogP contribution in [0.3, 0.4) is 0 Å². The lowest BCUT2D eigenvalue weighted by Crippen LogP contribution is -2.26. The summed E-state index contributed by atoms with van der Waals surface area (Å²) in [5.41, 5.74) is 1.13. The molecule has 1 aliphatic heterocycles. The van der Waals surface area contributed by atoms with Gasteiger partial charge in [-0.2, -0.15) is 0 Å². The molecule has 2 rings (SSSR count). The minimum Gasteiger partial charge on any atom is -0.378 e. The molecule has 1 fully saturated rings. The summed E-state index contributed by atoms with van der Waals surface area (Å²) in [7, 11) is 1.94. The zero-order valence-electron chi connectivity index (χ0n) is 10.3. The van der Waals surface area contributed by atoms with Gasteiger partial charge in [0.1, 0.15) is 5.82 Å². The molecular weight excluding hydrogens is 217 g/mol. The van der Waals surface area contributed by atoms with E-state index in [9.17, 15) is 4.39 Å². The molecule has 2 atom stereocenters. The molecule has 2 unspecified atom stereocenters. The molecule has 1 aromatic carbocycles. The number of nitrogens with one attached hydrogen (secondary N) is 1. The van der Waals surface area contributed by atoms with E-state index in [2.05, 4.69) is 5.32 Å². The van der Waals surface area contributed by atoms with E-state index < -0.39 is 0 Å². The first-order valence-corrected chi connectivity index (χ1v) is 6.34. The highest BCUT2D eigenvalue weighted by molar-refractivity contribution is 5.20. The molecule has 1 N–H and O–H groups in total. The maximum atomic E-state index is 12.9. The predicted octanol–water partition coefficient (Wildman–Crippen LogP) is 3.05. The summed E-state index contributed by atoms with van der Waals surface area (Å²) in [6.07, 6.45) is 4.87. The summed E-state index contributed by atoms with van der Waals surface area (Å²) in [5.74, 6) is -0.183. The zero-order chi connectivity index (χ0) is 12.1. The summed E-state index contributed by atoms with van der Waals surface area (Å²) < 4.78 is 18.6. The average Bonchev–Trinajstić information content (AvgIpc) is 2.38. The van der Waals surface area contributed by atoms with Gasteiger partial charge in [0.2, 0.25) is 0 Å². The van der Waals surface area contributed by atoms with E-state index in [1.165, 1.54) is 25.0 Å². The van der Waals surface area contributed by atoms with Crippen LogP contribution in [0.4, 0.5) is 4.39 Å². The summed E-state index contributed by atoms with van der Waals surface area (Å²) in [5, 5.41) is 3.28. The van der Waals surface area contributed by atoms with Crippen LogP contribution in [-0.4, -0.2) is 19.8 Å². The fourth-order valence-corrected chi connectivity index (χ4v) is 2.37. The van der Waals surface area contributed by atoms with Crippen LogP contribution in [0.5, 0.6) is 0 Å². The lowest BCUT2D eigenvalue weighted by Gasteiger charge is -2.27. The van der Waals surface area contributed by atoms with Crippen molar-refractivity contribution in [2.75, 3.05) is 13.7 Å². The fraction of sp³-hybridized carbons (Fsp3) is 0.571. The summed E-state index contributed by atoms with van der Waals surface area (Å²) >= 11 is 0. The average molecular weight is 237 g/mol. The number of benzene rings is 1. The number of rotatable bonds is 4. The number of hydrogen-bond acceptors (Lipinski definition) is 2. The number of halogens is 1. The van der Waals surface area contributed by atoms with Crippen LogP contribution in [0.2, 0.25) is 0 Å². The molecule has 0 radical (unpaired) electrons. The Hall–Kier alpha value is -0.930. The fourth-order valence-electron chi connectivity index (χ4n) is 2.37. The van der Waals surface area contributed by atoms with E-state index in [-0.39, 0.29) is 11.9 Å². The van der Waals surface area contributed by atoms with Crippen molar-refractivity contribution in [2.45, 2.75) is 37.8 Å². The van der Waals surface area contributed by atoms with Gasteiger partial charge in [0, 0.05) is 12.6 Å². The maximum absolute atomic E-state index is 12.9. The Morgan fingerprint density at radius 2 is 2.12 bits per heavy atom. The first-order valence-electron chi connectivity index (χ1n) is 6.34. The first-order chi connectivity index (χ1) is 8.29. The van der Waals surface area contributed by atoms with Gasteiger partial charge in [-0.1, -0.05) is 12.1 Å². The third-order valence-corrected chi connectivity index (χ3v) is 3.39. The molecule has 0 saturated carbocycles. The Bertz CT molecular complexity index is 333. The Morgan fingerprint density at radius 3 is 2.71 bits per heavy atom. The van der Waals surface area contributed by atoms with Crippen molar-refractivity contribution >= 4 is 0 Å². The van der Waals surface area contributed by atoms with Crippen molar-refractivity contribution < 1.29 is 9.13 Å². The zero-order valence-corrected chi connectivity index (χ0v) is 10.3. The Morgan fingerprint density at radius 1 is 1.35 bits per heavy atom. The van der Waals surface area contributed by atoms with Crippen molar-refractivity contribution in [3.63, 3.8) is 0 Å². The molecule has 1 heterocycles. The molecule has 0 spiro atoms. The van der Waals surface area contributed by atoms with Gasteiger partial charge in [-0.3, -0.25) is 0 Å². The van der Waals surface area contributed by atoms with E-state index >= 15 is 0 Å². The molecule has 0 aromatic heterocycles. The maximum Gasteiger partial charge on any atom is 0.123 e. The normalized spacial score (nSPS) is 22.4. The van der Waals surface area contributed by atoms with Gasteiger partial charge >= 0.3 is 0 Å². The summed E-state index contributed by atoms with van der Waals surface area (Å²) in [6, 6.07) is 6.97. The molecule has 1 saturated heterocycles. The summed E-state index contributed by atoms with van der Waals surface area (Å²) in [4.78, 5) is 0. The Kier molecular flexibility index (Phi) is 4.51. The van der Waals surface area contributed by atoms with Gasteiger partial charge in [0.15, 0.2) is 0 Å². The van der Waals surface area contributed by atoms with Crippen LogP contribution >= 0.6 is 0 Å². The van der Waals surface area contributed by atoms with Gasteiger partial charge in [0.05, 0.1) is 6.10 Å². The highest BCUT2D eigenvalue weighted by Crippen LogP contribution is 2.24. The van der Waals surface area contributed by atoms with E-state index in [1.54, 1.807) is 0 Å². The van der Waals surface area contributed by atoms with Gasteiger partial charge in [0.25, 0.3) is 0 Å². The van der Waals surface area contributed by atoms with Crippen LogP contribution in [0.15, 0.2) is 24.3 Å². The van der Waals surface area contributed by atoms with Gasteiger partial charge in [-0.15, -0.1) is 0 Å². The van der Waals surface area contributed by atoms with Gasteiger partial charge < -0.3 is 10.1 Å². The Balaban J connectivity index is 1.97. The number of ether oxygens (including phenoxy) is 1. The van der Waals surface area contributed by atoms with Crippen molar-refractivity contribution in [1.29, 1.82) is 0 Å². The van der Waals surface area contributed by atoms with Gasteiger partial charge in [-0.25, -0.2) is 4.39 Å². The molecule has 1 aromatic rings. The molecule has 0 aliphatic carbocycles. The van der Waals surface area contributed by atoms with Crippen molar-refractivity contribution in [3.05, 3.63) is 35.6 Å². The second kappa shape index (κ2) is 6.12. The topological polar surface area (TPSA) is 21.3 Å². The second-order valence-corrected chi connectivity index (χ2v) is 4.62. The minimum atomic E-state index is -0.183. The van der Waals surface area contributed by atoms with Crippen LogP contribution in [0.1, 0.15) is 37.3 Å². The van der Waals surface area contributed by atoms with Crippen molar-refractivity contribution in [1.82, 2.24) is 5.32 Å². The lowest BCUT2D eigenvalue weighted by molar-refractivity contribution is 0.00548. The third-order valence-electron chi connectivity index (χ3n) is 3.39. The molecule has 2 nitrogen and oxygen atoms in total. The standard InChI is InChI=1S/C14H20FNO/c1-16-14(10-13-4-2-3-9-17-13)11-5-7-12(15)8-6-11/h5-8,13-14,16H,2-4,9-10H2,1H3. The van der Waals surface area contributed by atoms with Crippen LogP contribution in [0, 0.1) is 5.82 Å². The first kappa shape index (κ1) is 12.5. The quantitative estimate of drug-likeness (QED) is 0.869. The monoisotopic (exact) mass is 237 g/mol. The van der Waals surface area contributed by atoms with Crippen LogP contribution in [0.25, 0.3) is 0 Å². The lowest BCUT2D eigenvalue weighted by atomic mass is 9.97.